The quantitative estimate of drug-likeness (QED) is 0.236. The van der Waals surface area contributed by atoms with Crippen molar-refractivity contribution >= 4 is 26.8 Å². The summed E-state index contributed by atoms with van der Waals surface area (Å²) in [5.41, 5.74) is 0.416. The highest BCUT2D eigenvalue weighted by Gasteiger charge is 2.64. The molecule has 4 unspecified atom stereocenters. The number of carbonyl (C=O) groups excluding carboxylic acids is 1. The number of rotatable bonds is 8. The number of urea groups is 1. The third-order valence-corrected chi connectivity index (χ3v) is 14.9. The maximum atomic E-state index is 12.8. The molecule has 2 aromatic carbocycles. The highest BCUT2D eigenvalue weighted by atomic mass is 32.2. The van der Waals surface area contributed by atoms with E-state index in [1.807, 2.05) is 24.3 Å². The van der Waals surface area contributed by atoms with E-state index in [0.717, 1.165) is 49.3 Å². The summed E-state index contributed by atoms with van der Waals surface area (Å²) in [6, 6.07) is 11.7. The van der Waals surface area contributed by atoms with E-state index in [1.54, 1.807) is 12.1 Å². The van der Waals surface area contributed by atoms with E-state index in [-0.39, 0.29) is 33.9 Å². The average molecular weight is 639 g/mol. The lowest BCUT2D eigenvalue weighted by Crippen LogP contribution is -2.62. The molecule has 4 saturated carbocycles. The first kappa shape index (κ1) is 32.8. The predicted octanol–water partition coefficient (Wildman–Crippen LogP) is 6.87. The van der Waals surface area contributed by atoms with E-state index in [1.165, 1.54) is 31.7 Å². The fourth-order valence-corrected chi connectivity index (χ4v) is 12.3. The van der Waals surface area contributed by atoms with Crippen LogP contribution in [0.5, 0.6) is 0 Å². The summed E-state index contributed by atoms with van der Waals surface area (Å²) in [5.74, 6) is 3.16. The number of amides is 2. The highest BCUT2D eigenvalue weighted by molar-refractivity contribution is 7.90. The van der Waals surface area contributed by atoms with Gasteiger partial charge in [0.2, 0.25) is 0 Å². The molecule has 2 aromatic rings. The number of nitrogens with one attached hydrogen (secondary N) is 2. The molecule has 0 heterocycles. The van der Waals surface area contributed by atoms with Crippen LogP contribution in [0.4, 0.5) is 4.79 Å². The molecule has 0 radical (unpaired) electrons. The van der Waals surface area contributed by atoms with E-state index >= 15 is 0 Å². The van der Waals surface area contributed by atoms with Crippen LogP contribution in [0.25, 0.3) is 10.8 Å². The molecule has 4 aliphatic carbocycles. The summed E-state index contributed by atoms with van der Waals surface area (Å²) in [6.07, 6.45) is 9.79. The fourth-order valence-electron chi connectivity index (χ4n) is 11.3. The monoisotopic (exact) mass is 638 g/mol. The SMILES string of the molecule is CC[C@@H]1C2C[C@H](O)CCC2(C)[C@H]2CCC3(C)[C@@H]([C@H](C)CCCNC(=O)NS(=O)(=O)c4ccc5ccccc5c4)CC[C@H]3C2[C@@H]1O. The maximum Gasteiger partial charge on any atom is 0.328 e. The van der Waals surface area contributed by atoms with Gasteiger partial charge in [0, 0.05) is 6.54 Å². The Bertz CT molecular complexity index is 1500. The molecule has 0 aliphatic heterocycles. The zero-order valence-electron chi connectivity index (χ0n) is 27.5. The van der Waals surface area contributed by atoms with Crippen LogP contribution in [0.1, 0.15) is 91.9 Å². The normalized spacial score (nSPS) is 38.5. The van der Waals surface area contributed by atoms with E-state index in [9.17, 15) is 23.4 Å². The van der Waals surface area contributed by atoms with Crippen LogP contribution in [0.2, 0.25) is 0 Å². The molecule has 11 atom stereocenters. The van der Waals surface area contributed by atoms with Crippen molar-refractivity contribution in [2.75, 3.05) is 6.54 Å². The van der Waals surface area contributed by atoms with E-state index in [4.69, 9.17) is 0 Å². The van der Waals surface area contributed by atoms with Crippen LogP contribution in [-0.4, -0.2) is 43.4 Å². The Morgan fingerprint density at radius 3 is 2.42 bits per heavy atom. The minimum Gasteiger partial charge on any atom is -0.393 e. The minimum absolute atomic E-state index is 0.0719. The summed E-state index contributed by atoms with van der Waals surface area (Å²) in [4.78, 5) is 12.6. The fraction of sp³-hybridized carbons (Fsp3) is 0.703. The smallest absolute Gasteiger partial charge is 0.328 e. The lowest BCUT2D eigenvalue weighted by Gasteiger charge is -2.64. The summed E-state index contributed by atoms with van der Waals surface area (Å²) in [6.45, 7) is 9.98. The van der Waals surface area contributed by atoms with Gasteiger partial charge in [0.25, 0.3) is 10.0 Å². The molecule has 45 heavy (non-hydrogen) atoms. The van der Waals surface area contributed by atoms with Gasteiger partial charge in [-0.15, -0.1) is 0 Å². The Morgan fingerprint density at radius 1 is 0.956 bits per heavy atom. The van der Waals surface area contributed by atoms with E-state index < -0.39 is 16.1 Å². The standard InChI is InChI=1S/C37H54N2O5S/c1-5-28-32-22-26(40)16-18-37(32,4)31-17-19-36(3)29(14-15-30(36)33(31)34(28)41)23(2)9-8-20-38-35(42)39-45(43,44)27-13-12-24-10-6-7-11-25(24)21-27/h6-7,10-13,21,23,26,28-34,40-41H,5,8-9,14-20,22H2,1-4H3,(H2,38,39,42)/t23-,26-,28-,29-,30+,31+,32?,33?,34-,36?,37?/m1/s1. The molecule has 6 rings (SSSR count). The third kappa shape index (κ3) is 5.82. The van der Waals surface area contributed by atoms with Crippen molar-refractivity contribution in [2.45, 2.75) is 109 Å². The van der Waals surface area contributed by atoms with Crippen molar-refractivity contribution in [2.24, 2.45) is 52.3 Å². The molecule has 0 spiro atoms. The molecule has 248 valence electrons. The number of hydrogen-bond donors (Lipinski definition) is 4. The topological polar surface area (TPSA) is 116 Å². The highest BCUT2D eigenvalue weighted by Crippen LogP contribution is 2.69. The summed E-state index contributed by atoms with van der Waals surface area (Å²) in [5, 5.41) is 27.0. The molecular formula is C37H54N2O5S. The molecule has 7 nitrogen and oxygen atoms in total. The molecule has 0 aromatic heterocycles. The van der Waals surface area contributed by atoms with Gasteiger partial charge < -0.3 is 15.5 Å². The van der Waals surface area contributed by atoms with E-state index in [0.29, 0.717) is 42.1 Å². The lowest BCUT2D eigenvalue weighted by atomic mass is 9.41. The molecule has 0 bridgehead atoms. The number of carbonyl (C=O) groups is 1. The minimum atomic E-state index is -3.97. The van der Waals surface area contributed by atoms with Gasteiger partial charge >= 0.3 is 6.03 Å². The van der Waals surface area contributed by atoms with Gasteiger partial charge in [-0.05, 0) is 133 Å². The Labute approximate surface area is 270 Å². The second-order valence-corrected chi connectivity index (χ2v) is 17.3. The first-order valence-corrected chi connectivity index (χ1v) is 19.0. The zero-order chi connectivity index (χ0) is 32.1. The summed E-state index contributed by atoms with van der Waals surface area (Å²) >= 11 is 0. The maximum absolute atomic E-state index is 12.8. The van der Waals surface area contributed by atoms with Crippen molar-refractivity contribution in [1.82, 2.24) is 10.0 Å². The molecule has 2 amide bonds. The molecule has 4 fully saturated rings. The average Bonchev–Trinajstić information content (AvgIpc) is 3.37. The largest absolute Gasteiger partial charge is 0.393 e. The van der Waals surface area contributed by atoms with E-state index in [2.05, 4.69) is 37.7 Å². The van der Waals surface area contributed by atoms with Crippen molar-refractivity contribution in [1.29, 1.82) is 0 Å². The first-order chi connectivity index (χ1) is 21.4. The molecular weight excluding hydrogens is 584 g/mol. The number of sulfonamides is 1. The second-order valence-electron chi connectivity index (χ2n) is 15.6. The van der Waals surface area contributed by atoms with Gasteiger partial charge in [-0.25, -0.2) is 17.9 Å². The first-order valence-electron chi connectivity index (χ1n) is 17.5. The van der Waals surface area contributed by atoms with Crippen molar-refractivity contribution in [3.63, 3.8) is 0 Å². The Morgan fingerprint density at radius 2 is 1.67 bits per heavy atom. The number of benzene rings is 2. The number of aliphatic hydroxyl groups is 2. The zero-order valence-corrected chi connectivity index (χ0v) is 28.4. The Kier molecular flexibility index (Phi) is 9.07. The van der Waals surface area contributed by atoms with Crippen LogP contribution < -0.4 is 10.0 Å². The van der Waals surface area contributed by atoms with Gasteiger partial charge in [-0.2, -0.15) is 0 Å². The van der Waals surface area contributed by atoms with Crippen LogP contribution in [0.3, 0.4) is 0 Å². The molecule has 8 heteroatoms. The van der Waals surface area contributed by atoms with Crippen LogP contribution in [0, 0.1) is 52.3 Å². The van der Waals surface area contributed by atoms with Crippen LogP contribution in [-0.2, 0) is 10.0 Å². The van der Waals surface area contributed by atoms with Gasteiger partial charge in [0.15, 0.2) is 0 Å². The van der Waals surface area contributed by atoms with Crippen molar-refractivity contribution in [3.8, 4) is 0 Å². The number of aliphatic hydroxyl groups excluding tert-OH is 2. The van der Waals surface area contributed by atoms with Gasteiger partial charge in [0.05, 0.1) is 17.1 Å². The van der Waals surface area contributed by atoms with Gasteiger partial charge in [0.1, 0.15) is 0 Å². The molecule has 0 saturated heterocycles. The number of hydrogen-bond acceptors (Lipinski definition) is 5. The Hall–Kier alpha value is -2.16. The predicted molar refractivity (Wildman–Crippen MR) is 178 cm³/mol. The van der Waals surface area contributed by atoms with Crippen molar-refractivity contribution in [3.05, 3.63) is 42.5 Å². The third-order valence-electron chi connectivity index (χ3n) is 13.5. The Balaban J connectivity index is 1.04. The van der Waals surface area contributed by atoms with Crippen molar-refractivity contribution < 1.29 is 23.4 Å². The van der Waals surface area contributed by atoms with Crippen LogP contribution in [0.15, 0.2) is 47.4 Å². The van der Waals surface area contributed by atoms with Gasteiger partial charge in [-0.1, -0.05) is 64.4 Å². The van der Waals surface area contributed by atoms with Gasteiger partial charge in [-0.3, -0.25) is 0 Å². The number of fused-ring (bicyclic) bond motifs is 6. The summed E-state index contributed by atoms with van der Waals surface area (Å²) in [7, 11) is -3.97. The van der Waals surface area contributed by atoms with Crippen LogP contribution >= 0.6 is 0 Å². The second kappa shape index (κ2) is 12.5. The molecule has 4 aliphatic rings. The lowest BCUT2D eigenvalue weighted by molar-refractivity contribution is -0.203. The molecule has 4 N–H and O–H groups in total. The summed E-state index contributed by atoms with van der Waals surface area (Å²) < 4.78 is 27.9.